The number of aryl methyl sites for hydroxylation is 1. The van der Waals surface area contributed by atoms with E-state index in [1.165, 1.54) is 17.5 Å². The molecular formula is C16H19N3O. The van der Waals surface area contributed by atoms with Gasteiger partial charge in [0.05, 0.1) is 13.2 Å². The normalized spacial score (nSPS) is 21.1. The van der Waals surface area contributed by atoms with E-state index in [0.717, 1.165) is 6.42 Å². The highest BCUT2D eigenvalue weighted by Crippen LogP contribution is 2.35. The molecule has 1 aliphatic rings. The zero-order valence-electron chi connectivity index (χ0n) is 11.8. The molecular weight excluding hydrogens is 250 g/mol. The summed E-state index contributed by atoms with van der Waals surface area (Å²) in [7, 11) is 1.62. The van der Waals surface area contributed by atoms with Crippen LogP contribution in [0.15, 0.2) is 36.5 Å². The molecule has 0 bridgehead atoms. The van der Waals surface area contributed by atoms with Crippen molar-refractivity contribution in [3.05, 3.63) is 47.7 Å². The van der Waals surface area contributed by atoms with E-state index in [9.17, 15) is 0 Å². The number of hydrogen-bond acceptors (Lipinski definition) is 4. The maximum atomic E-state index is 5.15. The van der Waals surface area contributed by atoms with Crippen molar-refractivity contribution >= 4 is 5.95 Å². The average molecular weight is 269 g/mol. The largest absolute Gasteiger partial charge is 0.481 e. The van der Waals surface area contributed by atoms with E-state index < -0.39 is 0 Å². The van der Waals surface area contributed by atoms with E-state index in [1.54, 1.807) is 19.4 Å². The van der Waals surface area contributed by atoms with Gasteiger partial charge in [0.1, 0.15) is 0 Å². The zero-order valence-corrected chi connectivity index (χ0v) is 11.8. The fourth-order valence-corrected chi connectivity index (χ4v) is 2.81. The van der Waals surface area contributed by atoms with Crippen LogP contribution in [0.3, 0.4) is 0 Å². The van der Waals surface area contributed by atoms with E-state index in [0.29, 0.717) is 17.7 Å². The van der Waals surface area contributed by atoms with Gasteiger partial charge in [-0.2, -0.15) is 4.98 Å². The van der Waals surface area contributed by atoms with Gasteiger partial charge in [0.25, 0.3) is 0 Å². The maximum Gasteiger partial charge on any atom is 0.226 e. The van der Waals surface area contributed by atoms with Crippen LogP contribution in [0.2, 0.25) is 0 Å². The molecule has 1 aromatic heterocycles. The summed E-state index contributed by atoms with van der Waals surface area (Å²) in [6.45, 7) is 2.27. The lowest BCUT2D eigenvalue weighted by molar-refractivity contribution is 0.395. The molecule has 0 saturated carbocycles. The number of fused-ring (bicyclic) bond motifs is 1. The molecule has 1 aromatic carbocycles. The third-order valence-electron chi connectivity index (χ3n) is 3.95. The molecule has 4 nitrogen and oxygen atoms in total. The lowest BCUT2D eigenvalue weighted by Crippen LogP contribution is -2.25. The molecule has 0 amide bonds. The number of rotatable bonds is 3. The molecule has 104 valence electrons. The number of nitrogens with one attached hydrogen (secondary N) is 1. The summed E-state index contributed by atoms with van der Waals surface area (Å²) in [5.74, 6) is 1.76. The minimum Gasteiger partial charge on any atom is -0.481 e. The molecule has 0 saturated heterocycles. The average Bonchev–Trinajstić information content (AvgIpc) is 2.50. The topological polar surface area (TPSA) is 47.0 Å². The number of nitrogens with zero attached hydrogens (tertiary/aromatic N) is 2. The third-order valence-corrected chi connectivity index (χ3v) is 3.95. The first-order valence-corrected chi connectivity index (χ1v) is 6.99. The predicted molar refractivity (Wildman–Crippen MR) is 78.9 cm³/mol. The molecule has 2 atom stereocenters. The molecule has 0 aliphatic heterocycles. The molecule has 2 aromatic rings. The van der Waals surface area contributed by atoms with Crippen LogP contribution in [0.5, 0.6) is 5.88 Å². The summed E-state index contributed by atoms with van der Waals surface area (Å²) in [5.41, 5.74) is 2.78. The highest BCUT2D eigenvalue weighted by atomic mass is 16.5. The number of ether oxygens (including phenoxy) is 1. The fraction of sp³-hybridized carbons (Fsp3) is 0.375. The van der Waals surface area contributed by atoms with Gasteiger partial charge in [-0.3, -0.25) is 0 Å². The Kier molecular flexibility index (Phi) is 3.54. The van der Waals surface area contributed by atoms with Crippen molar-refractivity contribution in [2.75, 3.05) is 12.4 Å². The molecule has 0 radical (unpaired) electrons. The smallest absolute Gasteiger partial charge is 0.226 e. The monoisotopic (exact) mass is 269 g/mol. The van der Waals surface area contributed by atoms with Crippen LogP contribution in [0, 0.1) is 5.92 Å². The Labute approximate surface area is 119 Å². The van der Waals surface area contributed by atoms with Crippen LogP contribution in [-0.2, 0) is 6.42 Å². The Hall–Kier alpha value is -2.10. The van der Waals surface area contributed by atoms with E-state index in [2.05, 4.69) is 46.5 Å². The molecule has 4 heteroatoms. The Balaban J connectivity index is 1.89. The second-order valence-corrected chi connectivity index (χ2v) is 5.26. The standard InChI is InChI=1S/C16H19N3O/c1-11-7-8-12-5-3-4-6-13(12)15(11)19-16-17-10-9-14(18-16)20-2/h3-6,9-11,15H,7-8H2,1-2H3,(H,17,18,19). The predicted octanol–water partition coefficient (Wildman–Crippen LogP) is 3.22. The third kappa shape index (κ3) is 2.46. The van der Waals surface area contributed by atoms with Crippen LogP contribution in [0.4, 0.5) is 5.95 Å². The lowest BCUT2D eigenvalue weighted by Gasteiger charge is -2.32. The maximum absolute atomic E-state index is 5.15. The van der Waals surface area contributed by atoms with Crippen molar-refractivity contribution < 1.29 is 4.74 Å². The van der Waals surface area contributed by atoms with Gasteiger partial charge in [0.2, 0.25) is 11.8 Å². The summed E-state index contributed by atoms with van der Waals surface area (Å²) < 4.78 is 5.15. The Morgan fingerprint density at radius 3 is 2.95 bits per heavy atom. The summed E-state index contributed by atoms with van der Waals surface area (Å²) in [5, 5.41) is 3.46. The first kappa shape index (κ1) is 12.9. The zero-order chi connectivity index (χ0) is 13.9. The van der Waals surface area contributed by atoms with Crippen molar-refractivity contribution in [2.45, 2.75) is 25.8 Å². The van der Waals surface area contributed by atoms with E-state index >= 15 is 0 Å². The first-order chi connectivity index (χ1) is 9.78. The lowest BCUT2D eigenvalue weighted by atomic mass is 9.81. The Morgan fingerprint density at radius 1 is 1.25 bits per heavy atom. The second kappa shape index (κ2) is 5.49. The molecule has 2 unspecified atom stereocenters. The number of aromatic nitrogens is 2. The molecule has 1 N–H and O–H groups in total. The second-order valence-electron chi connectivity index (χ2n) is 5.26. The van der Waals surface area contributed by atoms with Gasteiger partial charge in [-0.15, -0.1) is 0 Å². The molecule has 3 rings (SSSR count). The van der Waals surface area contributed by atoms with E-state index in [4.69, 9.17) is 4.74 Å². The Bertz CT molecular complexity index is 600. The van der Waals surface area contributed by atoms with Crippen molar-refractivity contribution in [3.63, 3.8) is 0 Å². The van der Waals surface area contributed by atoms with Gasteiger partial charge in [0.15, 0.2) is 0 Å². The Morgan fingerprint density at radius 2 is 2.10 bits per heavy atom. The number of hydrogen-bond donors (Lipinski definition) is 1. The van der Waals surface area contributed by atoms with Gasteiger partial charge in [-0.05, 0) is 29.9 Å². The van der Waals surface area contributed by atoms with Crippen LogP contribution >= 0.6 is 0 Å². The molecule has 0 fully saturated rings. The van der Waals surface area contributed by atoms with Gasteiger partial charge in [-0.1, -0.05) is 31.2 Å². The van der Waals surface area contributed by atoms with Gasteiger partial charge >= 0.3 is 0 Å². The minimum atomic E-state index is 0.257. The molecule has 0 spiro atoms. The van der Waals surface area contributed by atoms with Crippen molar-refractivity contribution in [3.8, 4) is 5.88 Å². The SMILES string of the molecule is COc1ccnc(NC2c3ccccc3CCC2C)n1. The minimum absolute atomic E-state index is 0.257. The van der Waals surface area contributed by atoms with E-state index in [-0.39, 0.29) is 6.04 Å². The molecule has 20 heavy (non-hydrogen) atoms. The van der Waals surface area contributed by atoms with Crippen LogP contribution in [-0.4, -0.2) is 17.1 Å². The van der Waals surface area contributed by atoms with Crippen molar-refractivity contribution in [1.29, 1.82) is 0 Å². The number of anilines is 1. The first-order valence-electron chi connectivity index (χ1n) is 6.99. The van der Waals surface area contributed by atoms with Gasteiger partial charge in [0, 0.05) is 12.3 Å². The summed E-state index contributed by atoms with van der Waals surface area (Å²) in [4.78, 5) is 8.63. The molecule has 1 aliphatic carbocycles. The summed E-state index contributed by atoms with van der Waals surface area (Å²) >= 11 is 0. The summed E-state index contributed by atoms with van der Waals surface area (Å²) in [6, 6.07) is 10.6. The number of methoxy groups -OCH3 is 1. The van der Waals surface area contributed by atoms with Crippen LogP contribution in [0.25, 0.3) is 0 Å². The summed E-state index contributed by atoms with van der Waals surface area (Å²) in [6.07, 6.45) is 4.04. The highest BCUT2D eigenvalue weighted by molar-refractivity contribution is 5.39. The van der Waals surface area contributed by atoms with Gasteiger partial charge < -0.3 is 10.1 Å². The quantitative estimate of drug-likeness (QED) is 0.929. The molecule has 1 heterocycles. The van der Waals surface area contributed by atoms with E-state index in [1.807, 2.05) is 0 Å². The van der Waals surface area contributed by atoms with Gasteiger partial charge in [-0.25, -0.2) is 4.98 Å². The van der Waals surface area contributed by atoms with Crippen molar-refractivity contribution in [1.82, 2.24) is 9.97 Å². The fourth-order valence-electron chi connectivity index (χ4n) is 2.81. The highest BCUT2D eigenvalue weighted by Gasteiger charge is 2.26. The van der Waals surface area contributed by atoms with Crippen LogP contribution in [0.1, 0.15) is 30.5 Å². The van der Waals surface area contributed by atoms with Crippen molar-refractivity contribution in [2.24, 2.45) is 5.92 Å². The number of benzene rings is 1. The van der Waals surface area contributed by atoms with Crippen LogP contribution < -0.4 is 10.1 Å².